The summed E-state index contributed by atoms with van der Waals surface area (Å²) in [6, 6.07) is 12.8. The summed E-state index contributed by atoms with van der Waals surface area (Å²) in [7, 11) is 0. The quantitative estimate of drug-likeness (QED) is 0.362. The van der Waals surface area contributed by atoms with Gasteiger partial charge in [0.15, 0.2) is 0 Å². The van der Waals surface area contributed by atoms with Gasteiger partial charge >= 0.3 is 5.97 Å². The first-order valence-electron chi connectivity index (χ1n) is 13.0. The van der Waals surface area contributed by atoms with Crippen LogP contribution in [-0.4, -0.2) is 30.2 Å². The number of hydrogen-bond donors (Lipinski definition) is 0. The van der Waals surface area contributed by atoms with E-state index in [1.54, 1.807) is 23.1 Å². The van der Waals surface area contributed by atoms with Gasteiger partial charge in [-0.1, -0.05) is 25.1 Å². The predicted molar refractivity (Wildman–Crippen MR) is 133 cm³/mol. The first-order valence-corrected chi connectivity index (χ1v) is 13.0. The molecule has 0 unspecified atom stereocenters. The van der Waals surface area contributed by atoms with E-state index in [0.717, 1.165) is 36.9 Å². The molecule has 2 aromatic carbocycles. The molecule has 4 aliphatic rings. The SMILES string of the molecule is CCc1ccccc1N1C[C@@H](C(=O)Oc2ccc(N3C(=O)[C@@H]4[C@H]5CC[C@@H](C5)[C@@H]4C3=O)c(C)c2)CC1=O. The van der Waals surface area contributed by atoms with Gasteiger partial charge in [-0.3, -0.25) is 19.2 Å². The summed E-state index contributed by atoms with van der Waals surface area (Å²) in [6.45, 7) is 4.14. The fraction of sp³-hybridized carbons (Fsp3) is 0.448. The molecule has 5 atom stereocenters. The monoisotopic (exact) mass is 486 g/mol. The van der Waals surface area contributed by atoms with Crippen molar-refractivity contribution in [2.45, 2.75) is 46.0 Å². The number of anilines is 2. The van der Waals surface area contributed by atoms with E-state index >= 15 is 0 Å². The summed E-state index contributed by atoms with van der Waals surface area (Å²) < 4.78 is 5.65. The van der Waals surface area contributed by atoms with Crippen LogP contribution in [0.3, 0.4) is 0 Å². The number of benzene rings is 2. The lowest BCUT2D eigenvalue weighted by atomic mass is 9.81. The molecule has 2 saturated heterocycles. The van der Waals surface area contributed by atoms with Crippen molar-refractivity contribution in [1.29, 1.82) is 0 Å². The Labute approximate surface area is 210 Å². The van der Waals surface area contributed by atoms with Gasteiger partial charge in [0.1, 0.15) is 5.75 Å². The van der Waals surface area contributed by atoms with Crippen LogP contribution in [0.5, 0.6) is 5.75 Å². The number of amides is 3. The highest BCUT2D eigenvalue weighted by atomic mass is 16.5. The van der Waals surface area contributed by atoms with Crippen molar-refractivity contribution in [1.82, 2.24) is 0 Å². The van der Waals surface area contributed by atoms with Crippen LogP contribution in [0, 0.1) is 36.5 Å². The Morgan fingerprint density at radius 2 is 1.67 bits per heavy atom. The Bertz CT molecular complexity index is 1260. The van der Waals surface area contributed by atoms with Gasteiger partial charge in [-0.05, 0) is 79.8 Å². The fourth-order valence-electron chi connectivity index (χ4n) is 6.96. The molecule has 2 saturated carbocycles. The number of esters is 1. The highest BCUT2D eigenvalue weighted by molar-refractivity contribution is 6.23. The van der Waals surface area contributed by atoms with Crippen LogP contribution in [0.15, 0.2) is 42.5 Å². The van der Waals surface area contributed by atoms with Crippen LogP contribution in [-0.2, 0) is 25.6 Å². The van der Waals surface area contributed by atoms with Crippen molar-refractivity contribution >= 4 is 35.1 Å². The molecule has 186 valence electrons. The Kier molecular flexibility index (Phi) is 5.47. The molecule has 4 fully saturated rings. The summed E-state index contributed by atoms with van der Waals surface area (Å²) in [5, 5.41) is 0. The molecule has 7 nitrogen and oxygen atoms in total. The normalized spacial score (nSPS) is 28.8. The van der Waals surface area contributed by atoms with Gasteiger partial charge in [0.05, 0.1) is 23.4 Å². The highest BCUT2D eigenvalue weighted by Gasteiger charge is 2.61. The van der Waals surface area contributed by atoms with Gasteiger partial charge in [-0.25, -0.2) is 4.90 Å². The third-order valence-electron chi connectivity index (χ3n) is 8.68. The standard InChI is InChI=1S/C29H30N2O5/c1-3-17-6-4-5-7-23(17)30-15-20(14-24(30)32)29(35)36-21-10-11-22(16(2)12-21)31-27(33)25-18-8-9-19(13-18)26(25)28(31)34/h4-7,10-12,18-20,25-26H,3,8-9,13-15H2,1-2H3/t18-,19-,20-,25-,26+/m0/s1. The number of nitrogens with zero attached hydrogens (tertiary/aromatic N) is 2. The van der Waals surface area contributed by atoms with E-state index < -0.39 is 11.9 Å². The highest BCUT2D eigenvalue weighted by Crippen LogP contribution is 2.56. The van der Waals surface area contributed by atoms with Crippen LogP contribution in [0.4, 0.5) is 11.4 Å². The number of rotatable bonds is 5. The molecule has 2 aliphatic heterocycles. The number of hydrogen-bond acceptors (Lipinski definition) is 5. The lowest BCUT2D eigenvalue weighted by molar-refractivity contribution is -0.139. The number of ether oxygens (including phenoxy) is 1. The minimum Gasteiger partial charge on any atom is -0.426 e. The van der Waals surface area contributed by atoms with E-state index in [9.17, 15) is 19.2 Å². The molecule has 0 N–H and O–H groups in total. The van der Waals surface area contributed by atoms with E-state index in [2.05, 4.69) is 0 Å². The maximum Gasteiger partial charge on any atom is 0.316 e. The molecule has 36 heavy (non-hydrogen) atoms. The van der Waals surface area contributed by atoms with Crippen molar-refractivity contribution in [3.63, 3.8) is 0 Å². The smallest absolute Gasteiger partial charge is 0.316 e. The third kappa shape index (κ3) is 3.47. The molecule has 0 radical (unpaired) electrons. The molecule has 2 bridgehead atoms. The number of fused-ring (bicyclic) bond motifs is 5. The molecule has 3 amide bonds. The second kappa shape index (κ2) is 8.57. The van der Waals surface area contributed by atoms with Crippen molar-refractivity contribution in [3.8, 4) is 5.75 Å². The number of carbonyl (C=O) groups is 4. The average Bonchev–Trinajstić information content (AvgIpc) is 3.63. The molecule has 0 aromatic heterocycles. The number of para-hydroxylation sites is 1. The fourth-order valence-corrected chi connectivity index (χ4v) is 6.96. The second-order valence-corrected chi connectivity index (χ2v) is 10.7. The van der Waals surface area contributed by atoms with Gasteiger partial charge < -0.3 is 9.64 Å². The molecule has 2 heterocycles. The molecular weight excluding hydrogens is 456 g/mol. The van der Waals surface area contributed by atoms with E-state index in [-0.39, 0.29) is 42.5 Å². The van der Waals surface area contributed by atoms with E-state index in [1.165, 1.54) is 4.90 Å². The number of aryl methyl sites for hydroxylation is 2. The van der Waals surface area contributed by atoms with Crippen LogP contribution in [0.2, 0.25) is 0 Å². The average molecular weight is 487 g/mol. The van der Waals surface area contributed by atoms with Gasteiger partial charge in [-0.15, -0.1) is 0 Å². The first kappa shape index (κ1) is 23.0. The zero-order valence-corrected chi connectivity index (χ0v) is 20.6. The van der Waals surface area contributed by atoms with Gasteiger partial charge in [-0.2, -0.15) is 0 Å². The van der Waals surface area contributed by atoms with Gasteiger partial charge in [0.2, 0.25) is 17.7 Å². The van der Waals surface area contributed by atoms with Gasteiger partial charge in [0.25, 0.3) is 0 Å². The maximum atomic E-state index is 13.2. The number of carbonyl (C=O) groups excluding carboxylic acids is 4. The van der Waals surface area contributed by atoms with Crippen molar-refractivity contribution in [2.24, 2.45) is 29.6 Å². The zero-order valence-electron chi connectivity index (χ0n) is 20.6. The summed E-state index contributed by atoms with van der Waals surface area (Å²) in [5.41, 5.74) is 3.18. The predicted octanol–water partition coefficient (Wildman–Crippen LogP) is 4.05. The Balaban J connectivity index is 1.16. The van der Waals surface area contributed by atoms with Crippen molar-refractivity contribution in [2.75, 3.05) is 16.3 Å². The lowest BCUT2D eigenvalue weighted by Gasteiger charge is -2.20. The van der Waals surface area contributed by atoms with Crippen LogP contribution < -0.4 is 14.5 Å². The number of imide groups is 1. The second-order valence-electron chi connectivity index (χ2n) is 10.7. The lowest BCUT2D eigenvalue weighted by Crippen LogP contribution is -2.33. The van der Waals surface area contributed by atoms with E-state index in [4.69, 9.17) is 4.74 Å². The van der Waals surface area contributed by atoms with Gasteiger partial charge in [0, 0.05) is 18.7 Å². The van der Waals surface area contributed by atoms with Crippen LogP contribution in [0.1, 0.15) is 43.7 Å². The first-order chi connectivity index (χ1) is 17.4. The van der Waals surface area contributed by atoms with Crippen molar-refractivity contribution in [3.05, 3.63) is 53.6 Å². The van der Waals surface area contributed by atoms with E-state index in [1.807, 2.05) is 38.1 Å². The summed E-state index contributed by atoms with van der Waals surface area (Å²) in [4.78, 5) is 55.0. The largest absolute Gasteiger partial charge is 0.426 e. The summed E-state index contributed by atoms with van der Waals surface area (Å²) >= 11 is 0. The minimum atomic E-state index is -0.556. The van der Waals surface area contributed by atoms with E-state index in [0.29, 0.717) is 28.8 Å². The Hall–Kier alpha value is -3.48. The maximum absolute atomic E-state index is 13.2. The zero-order chi connectivity index (χ0) is 25.1. The molecule has 0 spiro atoms. The molecule has 2 aromatic rings. The van der Waals surface area contributed by atoms with Crippen molar-refractivity contribution < 1.29 is 23.9 Å². The Morgan fingerprint density at radius 3 is 2.33 bits per heavy atom. The molecule has 7 heteroatoms. The minimum absolute atomic E-state index is 0.0815. The molecular formula is C29H30N2O5. The van der Waals surface area contributed by atoms with Crippen LogP contribution >= 0.6 is 0 Å². The third-order valence-corrected chi connectivity index (χ3v) is 8.68. The summed E-state index contributed by atoms with van der Waals surface area (Å²) in [5.74, 6) is -0.590. The molecule has 2 aliphatic carbocycles. The van der Waals surface area contributed by atoms with Crippen LogP contribution in [0.25, 0.3) is 0 Å². The summed E-state index contributed by atoms with van der Waals surface area (Å²) in [6.07, 6.45) is 3.98. The Morgan fingerprint density at radius 1 is 0.972 bits per heavy atom. The topological polar surface area (TPSA) is 84.0 Å². The molecule has 6 rings (SSSR count).